The molecular weight excluding hydrogens is 174 g/mol. The molecule has 78 valence electrons. The van der Waals surface area contributed by atoms with E-state index in [4.69, 9.17) is 10.5 Å². The van der Waals surface area contributed by atoms with E-state index in [1.54, 1.807) is 0 Å². The predicted octanol–water partition coefficient (Wildman–Crippen LogP) is 2.34. The van der Waals surface area contributed by atoms with Crippen LogP contribution in [0.2, 0.25) is 0 Å². The van der Waals surface area contributed by atoms with Gasteiger partial charge in [0, 0.05) is 0 Å². The topological polar surface area (TPSA) is 35.2 Å². The highest BCUT2D eigenvalue weighted by Crippen LogP contribution is 2.22. The van der Waals surface area contributed by atoms with Gasteiger partial charge in [0.15, 0.2) is 0 Å². The largest absolute Gasteiger partial charge is 0.493 e. The summed E-state index contributed by atoms with van der Waals surface area (Å²) in [6.45, 7) is 7.69. The van der Waals surface area contributed by atoms with Gasteiger partial charge in [-0.15, -0.1) is 0 Å². The van der Waals surface area contributed by atoms with Crippen LogP contribution in [0.5, 0.6) is 5.75 Å². The van der Waals surface area contributed by atoms with E-state index in [1.165, 1.54) is 16.7 Å². The fraction of sp³-hybridized carbons (Fsp3) is 0.500. The van der Waals surface area contributed by atoms with Crippen LogP contribution in [0.1, 0.15) is 23.1 Å². The number of aryl methyl sites for hydroxylation is 3. The molecule has 0 fully saturated rings. The van der Waals surface area contributed by atoms with Gasteiger partial charge in [-0.3, -0.25) is 0 Å². The zero-order chi connectivity index (χ0) is 10.6. The number of hydrogen-bond acceptors (Lipinski definition) is 2. The van der Waals surface area contributed by atoms with E-state index in [9.17, 15) is 0 Å². The Morgan fingerprint density at radius 1 is 1.07 bits per heavy atom. The molecule has 0 amide bonds. The lowest BCUT2D eigenvalue weighted by Crippen LogP contribution is -2.06. The molecule has 0 saturated heterocycles. The first-order chi connectivity index (χ1) is 6.65. The minimum absolute atomic E-state index is 0.684. The fourth-order valence-electron chi connectivity index (χ4n) is 1.35. The molecule has 0 radical (unpaired) electrons. The minimum Gasteiger partial charge on any atom is -0.493 e. The van der Waals surface area contributed by atoms with Gasteiger partial charge >= 0.3 is 0 Å². The van der Waals surface area contributed by atoms with Gasteiger partial charge in [-0.05, 0) is 56.5 Å². The van der Waals surface area contributed by atoms with Crippen molar-refractivity contribution in [2.75, 3.05) is 13.2 Å². The Labute approximate surface area is 86.1 Å². The van der Waals surface area contributed by atoms with Gasteiger partial charge in [-0.2, -0.15) is 0 Å². The minimum atomic E-state index is 0.684. The van der Waals surface area contributed by atoms with Crippen molar-refractivity contribution in [1.82, 2.24) is 0 Å². The quantitative estimate of drug-likeness (QED) is 0.745. The molecule has 0 aliphatic carbocycles. The van der Waals surface area contributed by atoms with Gasteiger partial charge in [0.05, 0.1) is 6.61 Å². The second-order valence-electron chi connectivity index (χ2n) is 3.69. The molecule has 1 aromatic rings. The molecule has 1 aromatic carbocycles. The van der Waals surface area contributed by atoms with Crippen molar-refractivity contribution in [1.29, 1.82) is 0 Å². The van der Waals surface area contributed by atoms with Crippen molar-refractivity contribution in [3.05, 3.63) is 28.8 Å². The third-order valence-electron chi connectivity index (χ3n) is 2.40. The molecule has 0 aliphatic heterocycles. The smallest absolute Gasteiger partial charge is 0.122 e. The summed E-state index contributed by atoms with van der Waals surface area (Å²) in [6.07, 6.45) is 0.909. The zero-order valence-corrected chi connectivity index (χ0v) is 9.26. The molecule has 2 N–H and O–H groups in total. The van der Waals surface area contributed by atoms with Crippen molar-refractivity contribution >= 4 is 0 Å². The normalized spacial score (nSPS) is 10.3. The van der Waals surface area contributed by atoms with Crippen molar-refractivity contribution in [2.45, 2.75) is 27.2 Å². The first-order valence-electron chi connectivity index (χ1n) is 5.06. The van der Waals surface area contributed by atoms with E-state index in [2.05, 4.69) is 32.9 Å². The van der Waals surface area contributed by atoms with Gasteiger partial charge in [0.25, 0.3) is 0 Å². The molecule has 1 rings (SSSR count). The summed E-state index contributed by atoms with van der Waals surface area (Å²) in [5, 5.41) is 0. The summed E-state index contributed by atoms with van der Waals surface area (Å²) in [4.78, 5) is 0. The number of rotatable bonds is 4. The first-order valence-corrected chi connectivity index (χ1v) is 5.06. The SMILES string of the molecule is Cc1cc(C)c(OCCCN)cc1C. The summed E-state index contributed by atoms with van der Waals surface area (Å²) in [5.41, 5.74) is 9.19. The van der Waals surface area contributed by atoms with E-state index in [0.717, 1.165) is 12.2 Å². The molecule has 0 spiro atoms. The Morgan fingerprint density at radius 3 is 2.36 bits per heavy atom. The van der Waals surface area contributed by atoms with Crippen molar-refractivity contribution in [3.63, 3.8) is 0 Å². The van der Waals surface area contributed by atoms with Crippen LogP contribution in [-0.4, -0.2) is 13.2 Å². The Balaban J connectivity index is 2.72. The molecule has 0 saturated carbocycles. The third-order valence-corrected chi connectivity index (χ3v) is 2.40. The van der Waals surface area contributed by atoms with Crippen LogP contribution in [0.25, 0.3) is 0 Å². The molecule has 0 aliphatic rings. The van der Waals surface area contributed by atoms with Crippen molar-refractivity contribution < 1.29 is 4.74 Å². The van der Waals surface area contributed by atoms with Crippen LogP contribution in [0.3, 0.4) is 0 Å². The molecule has 0 aromatic heterocycles. The maximum absolute atomic E-state index is 5.63. The lowest BCUT2D eigenvalue weighted by molar-refractivity contribution is 0.311. The molecule has 0 bridgehead atoms. The van der Waals surface area contributed by atoms with Crippen molar-refractivity contribution in [2.24, 2.45) is 5.73 Å². The third kappa shape index (κ3) is 2.74. The Hall–Kier alpha value is -1.02. The Kier molecular flexibility index (Phi) is 3.96. The summed E-state index contributed by atoms with van der Waals surface area (Å²) in [6, 6.07) is 4.26. The maximum Gasteiger partial charge on any atom is 0.122 e. The summed E-state index contributed by atoms with van der Waals surface area (Å²) < 4.78 is 5.63. The van der Waals surface area contributed by atoms with Crippen LogP contribution >= 0.6 is 0 Å². The van der Waals surface area contributed by atoms with Gasteiger partial charge in [-0.25, -0.2) is 0 Å². The predicted molar refractivity (Wildman–Crippen MR) is 59.8 cm³/mol. The standard InChI is InChI=1S/C12H19NO/c1-9-7-11(3)12(8-10(9)2)14-6-4-5-13/h7-8H,4-6,13H2,1-3H3. The van der Waals surface area contributed by atoms with E-state index < -0.39 is 0 Å². The summed E-state index contributed by atoms with van der Waals surface area (Å²) in [7, 11) is 0. The van der Waals surface area contributed by atoms with Gasteiger partial charge < -0.3 is 10.5 Å². The average molecular weight is 193 g/mol. The summed E-state index contributed by atoms with van der Waals surface area (Å²) in [5.74, 6) is 0.988. The highest BCUT2D eigenvalue weighted by atomic mass is 16.5. The van der Waals surface area contributed by atoms with E-state index in [-0.39, 0.29) is 0 Å². The number of hydrogen-bond donors (Lipinski definition) is 1. The summed E-state index contributed by atoms with van der Waals surface area (Å²) >= 11 is 0. The van der Waals surface area contributed by atoms with Crippen molar-refractivity contribution in [3.8, 4) is 5.75 Å². The number of benzene rings is 1. The van der Waals surface area contributed by atoms with E-state index >= 15 is 0 Å². The molecule has 14 heavy (non-hydrogen) atoms. The molecule has 2 heteroatoms. The second-order valence-corrected chi connectivity index (χ2v) is 3.69. The van der Waals surface area contributed by atoms with E-state index in [0.29, 0.717) is 13.2 Å². The second kappa shape index (κ2) is 5.01. The van der Waals surface area contributed by atoms with Crippen LogP contribution in [0.4, 0.5) is 0 Å². The molecule has 2 nitrogen and oxygen atoms in total. The van der Waals surface area contributed by atoms with E-state index in [1.807, 2.05) is 0 Å². The highest BCUT2D eigenvalue weighted by Gasteiger charge is 2.02. The monoisotopic (exact) mass is 193 g/mol. The fourth-order valence-corrected chi connectivity index (χ4v) is 1.35. The zero-order valence-electron chi connectivity index (χ0n) is 9.26. The molecule has 0 unspecified atom stereocenters. The highest BCUT2D eigenvalue weighted by molar-refractivity contribution is 5.40. The molecule has 0 heterocycles. The Bertz CT molecular complexity index is 307. The maximum atomic E-state index is 5.63. The number of ether oxygens (including phenoxy) is 1. The first kappa shape index (κ1) is 11.1. The molecule has 0 atom stereocenters. The lowest BCUT2D eigenvalue weighted by atomic mass is 10.1. The van der Waals surface area contributed by atoms with Crippen LogP contribution in [-0.2, 0) is 0 Å². The average Bonchev–Trinajstić information content (AvgIpc) is 2.14. The van der Waals surface area contributed by atoms with Gasteiger partial charge in [-0.1, -0.05) is 6.07 Å². The van der Waals surface area contributed by atoms with Crippen LogP contribution in [0, 0.1) is 20.8 Å². The van der Waals surface area contributed by atoms with Gasteiger partial charge in [0.2, 0.25) is 0 Å². The van der Waals surface area contributed by atoms with Crippen LogP contribution < -0.4 is 10.5 Å². The van der Waals surface area contributed by atoms with Crippen LogP contribution in [0.15, 0.2) is 12.1 Å². The molecular formula is C12H19NO. The Morgan fingerprint density at radius 2 is 1.71 bits per heavy atom. The lowest BCUT2D eigenvalue weighted by Gasteiger charge is -2.11. The van der Waals surface area contributed by atoms with Gasteiger partial charge in [0.1, 0.15) is 5.75 Å². The number of nitrogens with two attached hydrogens (primary N) is 1.